The van der Waals surface area contributed by atoms with Crippen LogP contribution in [0.1, 0.15) is 11.7 Å². The fraction of sp³-hybridized carbons (Fsp3) is 0.200. The first-order valence-corrected chi connectivity index (χ1v) is 7.33. The molecule has 1 amide bonds. The topological polar surface area (TPSA) is 57.3 Å². The van der Waals surface area contributed by atoms with Crippen LogP contribution in [-0.2, 0) is 4.79 Å². The molecule has 126 valence electrons. The van der Waals surface area contributed by atoms with Crippen molar-refractivity contribution in [3.63, 3.8) is 0 Å². The summed E-state index contributed by atoms with van der Waals surface area (Å²) < 4.78 is 39.9. The van der Waals surface area contributed by atoms with Crippen molar-refractivity contribution in [2.45, 2.75) is 18.4 Å². The molecule has 2 aliphatic rings. The molecule has 0 spiro atoms. The average molecular weight is 357 g/mol. The molecule has 0 bridgehead atoms. The number of aromatic nitrogens is 1. The second-order valence-electron chi connectivity index (χ2n) is 5.09. The Bertz CT molecular complexity index is 730. The number of allylic oxidation sites excluding steroid dienone is 3. The summed E-state index contributed by atoms with van der Waals surface area (Å²) >= 11 is 6.00. The fourth-order valence-electron chi connectivity index (χ4n) is 2.41. The second kappa shape index (κ2) is 6.20. The number of fused-ring (bicyclic) bond motifs is 1. The van der Waals surface area contributed by atoms with E-state index in [2.05, 4.69) is 10.3 Å². The van der Waals surface area contributed by atoms with Crippen molar-refractivity contribution in [3.8, 4) is 0 Å². The van der Waals surface area contributed by atoms with Gasteiger partial charge in [0.05, 0.1) is 11.4 Å². The monoisotopic (exact) mass is 356 g/mol. The minimum Gasteiger partial charge on any atom is -0.346 e. The number of alkyl halides is 3. The maximum atomic E-state index is 13.3. The van der Waals surface area contributed by atoms with Crippen LogP contribution in [0.5, 0.6) is 0 Å². The van der Waals surface area contributed by atoms with Crippen molar-refractivity contribution in [2.75, 3.05) is 0 Å². The standard InChI is InChI=1S/C15H12ClF3N4O/c16-12-10-6-2-4-8-23(10)13(22-12)14(24)21-11(15(17,18)19)9-5-1-3-7-20-9/h1-8,11,13,22H,(H,21,24). The maximum absolute atomic E-state index is 13.3. The van der Waals surface area contributed by atoms with Gasteiger partial charge in [0, 0.05) is 12.4 Å². The van der Waals surface area contributed by atoms with Gasteiger partial charge in [0.25, 0.3) is 5.91 Å². The third-order valence-electron chi connectivity index (χ3n) is 3.50. The van der Waals surface area contributed by atoms with Crippen molar-refractivity contribution in [3.05, 3.63) is 65.4 Å². The minimum absolute atomic E-state index is 0.192. The number of carbonyl (C=O) groups excluding carboxylic acids is 1. The second-order valence-corrected chi connectivity index (χ2v) is 5.47. The first-order valence-electron chi connectivity index (χ1n) is 6.95. The third-order valence-corrected chi connectivity index (χ3v) is 3.81. The molecule has 1 aromatic rings. The van der Waals surface area contributed by atoms with Gasteiger partial charge in [0.2, 0.25) is 0 Å². The highest BCUT2D eigenvalue weighted by Crippen LogP contribution is 2.32. The van der Waals surface area contributed by atoms with E-state index in [0.29, 0.717) is 5.70 Å². The number of pyridine rings is 1. The van der Waals surface area contributed by atoms with Crippen LogP contribution in [0.15, 0.2) is 59.7 Å². The van der Waals surface area contributed by atoms with Gasteiger partial charge in [-0.25, -0.2) is 0 Å². The molecule has 0 radical (unpaired) electrons. The van der Waals surface area contributed by atoms with Gasteiger partial charge < -0.3 is 15.5 Å². The Hall–Kier alpha value is -2.48. The molecule has 0 saturated heterocycles. The van der Waals surface area contributed by atoms with Gasteiger partial charge in [-0.15, -0.1) is 0 Å². The number of halogens is 4. The molecule has 3 rings (SSSR count). The first-order chi connectivity index (χ1) is 11.4. The van der Waals surface area contributed by atoms with Crippen molar-refractivity contribution in [2.24, 2.45) is 0 Å². The number of hydrogen-bond acceptors (Lipinski definition) is 4. The molecule has 0 saturated carbocycles. The van der Waals surface area contributed by atoms with Gasteiger partial charge in [0.1, 0.15) is 5.16 Å². The van der Waals surface area contributed by atoms with Crippen LogP contribution in [0.3, 0.4) is 0 Å². The van der Waals surface area contributed by atoms with E-state index in [1.807, 2.05) is 5.32 Å². The van der Waals surface area contributed by atoms with E-state index < -0.39 is 24.3 Å². The normalized spacial score (nSPS) is 20.7. The number of carbonyl (C=O) groups is 1. The first kappa shape index (κ1) is 16.4. The molecule has 9 heteroatoms. The van der Waals surface area contributed by atoms with E-state index in [1.54, 1.807) is 24.4 Å². The van der Waals surface area contributed by atoms with Crippen LogP contribution < -0.4 is 10.6 Å². The Morgan fingerprint density at radius 1 is 1.38 bits per heavy atom. The Kier molecular flexibility index (Phi) is 4.23. The van der Waals surface area contributed by atoms with Crippen LogP contribution in [0, 0.1) is 0 Å². The van der Waals surface area contributed by atoms with E-state index in [1.165, 1.54) is 29.3 Å². The van der Waals surface area contributed by atoms with Gasteiger partial charge in [-0.3, -0.25) is 9.78 Å². The van der Waals surface area contributed by atoms with Crippen molar-refractivity contribution in [1.82, 2.24) is 20.5 Å². The van der Waals surface area contributed by atoms with E-state index in [9.17, 15) is 18.0 Å². The number of nitrogens with one attached hydrogen (secondary N) is 2. The molecule has 0 fully saturated rings. The molecular weight excluding hydrogens is 345 g/mol. The predicted octanol–water partition coefficient (Wildman–Crippen LogP) is 2.52. The summed E-state index contributed by atoms with van der Waals surface area (Å²) in [7, 11) is 0. The van der Waals surface area contributed by atoms with E-state index >= 15 is 0 Å². The molecule has 2 N–H and O–H groups in total. The Labute approximate surface area is 140 Å². The van der Waals surface area contributed by atoms with E-state index in [-0.39, 0.29) is 10.9 Å². The third kappa shape index (κ3) is 3.09. The lowest BCUT2D eigenvalue weighted by Gasteiger charge is -2.27. The molecular formula is C15H12ClF3N4O. The fourth-order valence-corrected chi connectivity index (χ4v) is 2.68. The Balaban J connectivity index is 1.80. The van der Waals surface area contributed by atoms with Crippen molar-refractivity contribution in [1.29, 1.82) is 0 Å². The number of rotatable bonds is 3. The molecule has 24 heavy (non-hydrogen) atoms. The Morgan fingerprint density at radius 2 is 2.17 bits per heavy atom. The smallest absolute Gasteiger partial charge is 0.346 e. The Morgan fingerprint density at radius 3 is 2.83 bits per heavy atom. The summed E-state index contributed by atoms with van der Waals surface area (Å²) in [5.74, 6) is -0.865. The maximum Gasteiger partial charge on any atom is 0.414 e. The molecule has 2 aliphatic heterocycles. The van der Waals surface area contributed by atoms with E-state index in [0.717, 1.165) is 0 Å². The molecule has 0 aliphatic carbocycles. The highest BCUT2D eigenvalue weighted by molar-refractivity contribution is 6.30. The van der Waals surface area contributed by atoms with Crippen LogP contribution in [0.2, 0.25) is 0 Å². The zero-order valence-corrected chi connectivity index (χ0v) is 12.8. The summed E-state index contributed by atoms with van der Waals surface area (Å²) in [5.41, 5.74) is 0.227. The summed E-state index contributed by atoms with van der Waals surface area (Å²) in [6.07, 6.45) is 2.07. The largest absolute Gasteiger partial charge is 0.414 e. The van der Waals surface area contributed by atoms with Crippen LogP contribution in [-0.4, -0.2) is 28.1 Å². The van der Waals surface area contributed by atoms with Gasteiger partial charge >= 0.3 is 6.18 Å². The predicted molar refractivity (Wildman–Crippen MR) is 81.1 cm³/mol. The highest BCUT2D eigenvalue weighted by atomic mass is 35.5. The van der Waals surface area contributed by atoms with Crippen LogP contribution in [0.25, 0.3) is 0 Å². The quantitative estimate of drug-likeness (QED) is 0.817. The summed E-state index contributed by atoms with van der Waals surface area (Å²) in [6, 6.07) is 1.93. The van der Waals surface area contributed by atoms with Crippen LogP contribution >= 0.6 is 11.6 Å². The lowest BCUT2D eigenvalue weighted by molar-refractivity contribution is -0.165. The molecule has 1 aromatic heterocycles. The van der Waals surface area contributed by atoms with Crippen LogP contribution in [0.4, 0.5) is 13.2 Å². The SMILES string of the molecule is O=C(NC(c1ccccn1)C(F)(F)F)C1NC(Cl)=C2C=CC=CN21. The summed E-state index contributed by atoms with van der Waals surface area (Å²) in [4.78, 5) is 17.5. The number of hydrogen-bond donors (Lipinski definition) is 2. The lowest BCUT2D eigenvalue weighted by Crippen LogP contribution is -2.51. The molecule has 2 unspecified atom stereocenters. The zero-order chi connectivity index (χ0) is 17.3. The molecule has 3 heterocycles. The lowest BCUT2D eigenvalue weighted by atomic mass is 10.1. The van der Waals surface area contributed by atoms with E-state index in [4.69, 9.17) is 11.6 Å². The molecule has 2 atom stereocenters. The van der Waals surface area contributed by atoms with Gasteiger partial charge in [0.15, 0.2) is 12.2 Å². The van der Waals surface area contributed by atoms with Gasteiger partial charge in [-0.05, 0) is 24.3 Å². The van der Waals surface area contributed by atoms with Crippen molar-refractivity contribution < 1.29 is 18.0 Å². The van der Waals surface area contributed by atoms with Gasteiger partial charge in [-0.1, -0.05) is 23.7 Å². The highest BCUT2D eigenvalue weighted by Gasteiger charge is 2.45. The average Bonchev–Trinajstić information content (AvgIpc) is 2.90. The summed E-state index contributed by atoms with van der Waals surface area (Å²) in [5, 5.41) is 4.86. The van der Waals surface area contributed by atoms with Gasteiger partial charge in [-0.2, -0.15) is 13.2 Å². The van der Waals surface area contributed by atoms with Crippen molar-refractivity contribution >= 4 is 17.5 Å². The minimum atomic E-state index is -4.68. The molecule has 0 aromatic carbocycles. The number of amides is 1. The number of nitrogens with zero attached hydrogens (tertiary/aromatic N) is 2. The summed E-state index contributed by atoms with van der Waals surface area (Å²) in [6.45, 7) is 0. The molecule has 5 nitrogen and oxygen atoms in total. The zero-order valence-electron chi connectivity index (χ0n) is 12.1.